The molecule has 0 aromatic rings. The molecule has 53 valence electrons. The van der Waals surface area contributed by atoms with Gasteiger partial charge in [-0.25, -0.2) is 0 Å². The predicted molar refractivity (Wildman–Crippen MR) is 41.6 cm³/mol. The Hall–Kier alpha value is 0.584. The van der Waals surface area contributed by atoms with Crippen molar-refractivity contribution in [3.8, 4) is 0 Å². The van der Waals surface area contributed by atoms with Crippen molar-refractivity contribution in [2.24, 2.45) is 0 Å². The van der Waals surface area contributed by atoms with Gasteiger partial charge in [-0.1, -0.05) is 0 Å². The van der Waals surface area contributed by atoms with Crippen molar-refractivity contribution in [3.63, 3.8) is 0 Å². The Labute approximate surface area is 78.8 Å². The minimum atomic E-state index is -0.246. The van der Waals surface area contributed by atoms with Crippen LogP contribution in [0.3, 0.4) is 0 Å². The number of allylic oxidation sites excluding steroid dienone is 4. The molecule has 0 spiro atoms. The molecule has 0 nitrogen and oxygen atoms in total. The van der Waals surface area contributed by atoms with Gasteiger partial charge in [0.15, 0.2) is 0 Å². The van der Waals surface area contributed by atoms with E-state index in [1.54, 1.807) is 3.23 Å². The zero-order valence-corrected chi connectivity index (χ0v) is 9.48. The quantitative estimate of drug-likeness (QED) is 0.626. The fourth-order valence-electron chi connectivity index (χ4n) is 1.11. The molecular weight excluding hydrogens is 197 g/mol. The van der Waals surface area contributed by atoms with Crippen LogP contribution in [-0.2, 0) is 29.2 Å². The minimum absolute atomic E-state index is 0.246. The Bertz CT molecular complexity index is 145. The van der Waals surface area contributed by atoms with Gasteiger partial charge in [0, 0.05) is 0 Å². The van der Waals surface area contributed by atoms with Crippen molar-refractivity contribution in [2.45, 2.75) is 29.4 Å². The first-order chi connectivity index (χ1) is 4.93. The van der Waals surface area contributed by atoms with Crippen LogP contribution in [0.15, 0.2) is 20.6 Å². The normalized spacial score (nSPS) is 15.1. The molecule has 0 aliphatic heterocycles. The zero-order chi connectivity index (χ0) is 7.23. The first-order valence-electron chi connectivity index (χ1n) is 4.12. The van der Waals surface area contributed by atoms with Gasteiger partial charge in [0.25, 0.3) is 0 Å². The van der Waals surface area contributed by atoms with Crippen molar-refractivity contribution < 1.29 is 29.2 Å². The summed E-state index contributed by atoms with van der Waals surface area (Å²) in [5, 5.41) is 0. The molecule has 0 amide bonds. The summed E-state index contributed by atoms with van der Waals surface area (Å²) in [5.41, 5.74) is 0. The average Bonchev–Trinajstić information content (AvgIpc) is 2.41. The fourth-order valence-corrected chi connectivity index (χ4v) is 4.88. The summed E-state index contributed by atoms with van der Waals surface area (Å²) >= 11 is -0.246. The summed E-state index contributed by atoms with van der Waals surface area (Å²) in [7, 11) is 0. The maximum atomic E-state index is 2.34. The SMILES string of the molecule is CCC[CH2][Y][C]1=CC=CC1. The molecule has 1 aliphatic carbocycles. The van der Waals surface area contributed by atoms with Gasteiger partial charge >= 0.3 is 79.2 Å². The predicted octanol–water partition coefficient (Wildman–Crippen LogP) is 3.13. The van der Waals surface area contributed by atoms with E-state index in [0.29, 0.717) is 0 Å². The molecule has 0 saturated heterocycles. The van der Waals surface area contributed by atoms with Crippen LogP contribution in [0.5, 0.6) is 0 Å². The van der Waals surface area contributed by atoms with Crippen LogP contribution in [0, 0.1) is 0 Å². The summed E-state index contributed by atoms with van der Waals surface area (Å²) in [5.74, 6) is 0. The average molecular weight is 211 g/mol. The van der Waals surface area contributed by atoms with Gasteiger partial charge in [0.1, 0.15) is 0 Å². The molecule has 0 saturated carbocycles. The second-order valence-electron chi connectivity index (χ2n) is 2.72. The van der Waals surface area contributed by atoms with Gasteiger partial charge in [-0.3, -0.25) is 0 Å². The standard InChI is InChI=1S/C5H5.C4H9.Y/c1-2-4-5-3-1;1-3-4-2;/h1-3H,4H2;1,3-4H2,2H3;. The van der Waals surface area contributed by atoms with Gasteiger partial charge in [0.05, 0.1) is 0 Å². The molecule has 0 unspecified atom stereocenters. The number of rotatable bonds is 4. The molecule has 0 aromatic carbocycles. The molecule has 10 heavy (non-hydrogen) atoms. The zero-order valence-electron chi connectivity index (χ0n) is 6.64. The van der Waals surface area contributed by atoms with Crippen molar-refractivity contribution in [2.75, 3.05) is 0 Å². The first-order valence-corrected chi connectivity index (χ1v) is 7.55. The van der Waals surface area contributed by atoms with Gasteiger partial charge in [-0.05, 0) is 0 Å². The fraction of sp³-hybridized carbons (Fsp3) is 0.556. The Kier molecular flexibility index (Phi) is 4.57. The van der Waals surface area contributed by atoms with Crippen molar-refractivity contribution >= 4 is 0 Å². The van der Waals surface area contributed by atoms with E-state index in [9.17, 15) is 0 Å². The summed E-state index contributed by atoms with van der Waals surface area (Å²) < 4.78 is 3.38. The van der Waals surface area contributed by atoms with Gasteiger partial charge < -0.3 is 0 Å². The molecule has 1 heteroatoms. The van der Waals surface area contributed by atoms with Crippen LogP contribution in [0.4, 0.5) is 0 Å². The summed E-state index contributed by atoms with van der Waals surface area (Å²) in [4.78, 5) is 0. The van der Waals surface area contributed by atoms with Crippen LogP contribution in [0.2, 0.25) is 3.23 Å². The summed E-state index contributed by atoms with van der Waals surface area (Å²) in [6.07, 6.45) is 11.0. The van der Waals surface area contributed by atoms with Crippen molar-refractivity contribution in [1.29, 1.82) is 0 Å². The van der Waals surface area contributed by atoms with E-state index < -0.39 is 0 Å². The van der Waals surface area contributed by atoms with Crippen LogP contribution in [0.1, 0.15) is 26.2 Å². The van der Waals surface area contributed by atoms with Crippen LogP contribution in [0.25, 0.3) is 0 Å². The Morgan fingerprint density at radius 1 is 1.60 bits per heavy atom. The Morgan fingerprint density at radius 3 is 3.10 bits per heavy atom. The summed E-state index contributed by atoms with van der Waals surface area (Å²) in [6.45, 7) is 2.28. The van der Waals surface area contributed by atoms with Crippen LogP contribution >= 0.6 is 0 Å². The molecule has 0 fully saturated rings. The van der Waals surface area contributed by atoms with E-state index in [1.165, 1.54) is 19.3 Å². The number of hydrogen-bond donors (Lipinski definition) is 0. The van der Waals surface area contributed by atoms with Gasteiger partial charge in [-0.15, -0.1) is 0 Å². The summed E-state index contributed by atoms with van der Waals surface area (Å²) in [6, 6.07) is 0. The van der Waals surface area contributed by atoms with E-state index in [2.05, 4.69) is 25.2 Å². The maximum absolute atomic E-state index is 2.34. The molecule has 0 bridgehead atoms. The van der Waals surface area contributed by atoms with E-state index >= 15 is 0 Å². The Morgan fingerprint density at radius 2 is 2.50 bits per heavy atom. The van der Waals surface area contributed by atoms with E-state index in [1.807, 2.05) is 2.38 Å². The molecular formula is C9H14Y. The first kappa shape index (κ1) is 8.68. The third kappa shape index (κ3) is 3.12. The third-order valence-electron chi connectivity index (χ3n) is 1.76. The number of unbranched alkanes of at least 4 members (excludes halogenated alkanes) is 1. The second kappa shape index (κ2) is 5.26. The molecule has 0 aromatic heterocycles. The molecule has 1 aliphatic rings. The molecule has 1 rings (SSSR count). The van der Waals surface area contributed by atoms with Crippen LogP contribution < -0.4 is 0 Å². The molecule has 0 atom stereocenters. The van der Waals surface area contributed by atoms with Gasteiger partial charge in [0.2, 0.25) is 0 Å². The van der Waals surface area contributed by atoms with E-state index in [0.717, 1.165) is 0 Å². The van der Waals surface area contributed by atoms with Gasteiger partial charge in [-0.2, -0.15) is 0 Å². The molecule has 0 N–H and O–H groups in total. The topological polar surface area (TPSA) is 0 Å². The third-order valence-corrected chi connectivity index (χ3v) is 5.82. The monoisotopic (exact) mass is 211 g/mol. The second-order valence-corrected chi connectivity index (χ2v) is 6.97. The van der Waals surface area contributed by atoms with E-state index in [-0.39, 0.29) is 29.2 Å². The molecule has 0 heterocycles. The van der Waals surface area contributed by atoms with Crippen molar-refractivity contribution in [3.05, 3.63) is 20.6 Å². The van der Waals surface area contributed by atoms with E-state index in [4.69, 9.17) is 0 Å². The molecule has 0 radical (unpaired) electrons. The number of hydrogen-bond acceptors (Lipinski definition) is 0. The Balaban J connectivity index is 2.04. The van der Waals surface area contributed by atoms with Crippen LogP contribution in [-0.4, -0.2) is 0 Å². The van der Waals surface area contributed by atoms with Crippen molar-refractivity contribution in [1.82, 2.24) is 0 Å².